The molecule has 6 nitrogen and oxygen atoms in total. The van der Waals surface area contributed by atoms with E-state index in [4.69, 9.17) is 9.47 Å². The zero-order valence-corrected chi connectivity index (χ0v) is 19.8. The molecule has 34 heavy (non-hydrogen) atoms. The third-order valence-corrected chi connectivity index (χ3v) is 9.22. The number of halogens is 3. The predicted octanol–water partition coefficient (Wildman–Crippen LogP) is 3.71. The number of carbonyl (C=O) groups excluding carboxylic acids is 3. The Hall–Kier alpha value is -2.16. The number of hydrogen-bond acceptors (Lipinski definition) is 6. The van der Waals surface area contributed by atoms with Gasteiger partial charge in [-0.25, -0.2) is 18.0 Å². The Labute approximate surface area is 196 Å². The van der Waals surface area contributed by atoms with Crippen LogP contribution in [0.3, 0.4) is 0 Å². The second kappa shape index (κ2) is 7.93. The summed E-state index contributed by atoms with van der Waals surface area (Å²) in [5.41, 5.74) is -7.21. The van der Waals surface area contributed by atoms with Crippen LogP contribution in [0.25, 0.3) is 0 Å². The molecule has 4 aliphatic rings. The van der Waals surface area contributed by atoms with Crippen LogP contribution >= 0.6 is 0 Å². The second-order valence-electron chi connectivity index (χ2n) is 10.6. The zero-order chi connectivity index (χ0) is 25.3. The first-order chi connectivity index (χ1) is 15.8. The molecule has 9 atom stereocenters. The maximum atomic E-state index is 17.2. The summed E-state index contributed by atoms with van der Waals surface area (Å²) < 4.78 is 56.2. The van der Waals surface area contributed by atoms with Gasteiger partial charge in [-0.2, -0.15) is 0 Å². The van der Waals surface area contributed by atoms with Gasteiger partial charge in [-0.1, -0.05) is 26.8 Å². The molecule has 0 aromatic heterocycles. The fourth-order valence-electron chi connectivity index (χ4n) is 7.63. The third kappa shape index (κ3) is 2.88. The van der Waals surface area contributed by atoms with Crippen molar-refractivity contribution in [3.8, 4) is 0 Å². The Morgan fingerprint density at radius 2 is 1.91 bits per heavy atom. The van der Waals surface area contributed by atoms with Crippen LogP contribution in [0.4, 0.5) is 13.2 Å². The monoisotopic (exact) mass is 484 g/mol. The number of esters is 2. The molecule has 0 unspecified atom stereocenters. The van der Waals surface area contributed by atoms with Crippen LogP contribution in [0.1, 0.15) is 53.4 Å². The number of rotatable bonds is 4. The summed E-state index contributed by atoms with van der Waals surface area (Å²) in [5.74, 6) is -4.68. The van der Waals surface area contributed by atoms with Crippen molar-refractivity contribution in [1.82, 2.24) is 0 Å². The molecule has 0 saturated heterocycles. The highest BCUT2D eigenvalue weighted by Crippen LogP contribution is 2.71. The lowest BCUT2D eigenvalue weighted by molar-refractivity contribution is -0.240. The molecule has 0 aromatic carbocycles. The van der Waals surface area contributed by atoms with Gasteiger partial charge in [-0.15, -0.1) is 0 Å². The van der Waals surface area contributed by atoms with Crippen LogP contribution in [-0.2, 0) is 23.9 Å². The molecule has 3 fully saturated rings. The van der Waals surface area contributed by atoms with Gasteiger partial charge in [0.15, 0.2) is 11.5 Å². The summed E-state index contributed by atoms with van der Waals surface area (Å²) in [6, 6.07) is 0. The van der Waals surface area contributed by atoms with Crippen molar-refractivity contribution in [3.05, 3.63) is 23.8 Å². The average Bonchev–Trinajstić information content (AvgIpc) is 2.99. The van der Waals surface area contributed by atoms with Crippen LogP contribution in [0.5, 0.6) is 0 Å². The molecular formula is C25H31F3O6. The van der Waals surface area contributed by atoms with Crippen molar-refractivity contribution in [1.29, 1.82) is 0 Å². The number of hydrogen-bond donors (Lipinski definition) is 1. The summed E-state index contributed by atoms with van der Waals surface area (Å²) in [5, 5.41) is 11.3. The minimum Gasteiger partial charge on any atom is -0.446 e. The first-order valence-corrected chi connectivity index (χ1v) is 11.7. The first kappa shape index (κ1) is 24.9. The van der Waals surface area contributed by atoms with Crippen molar-refractivity contribution in [2.24, 2.45) is 28.6 Å². The van der Waals surface area contributed by atoms with Gasteiger partial charge in [0, 0.05) is 29.1 Å². The Bertz CT molecular complexity index is 980. The predicted molar refractivity (Wildman–Crippen MR) is 114 cm³/mol. The molecule has 0 bridgehead atoms. The van der Waals surface area contributed by atoms with Gasteiger partial charge in [-0.05, 0) is 49.8 Å². The lowest BCUT2D eigenvalue weighted by atomic mass is 9.44. The molecule has 0 aromatic rings. The van der Waals surface area contributed by atoms with Crippen molar-refractivity contribution < 1.29 is 42.1 Å². The van der Waals surface area contributed by atoms with Crippen LogP contribution in [0.2, 0.25) is 0 Å². The minimum atomic E-state index is -2.34. The lowest BCUT2D eigenvalue weighted by Gasteiger charge is -2.63. The van der Waals surface area contributed by atoms with E-state index in [1.807, 2.05) is 0 Å². The highest BCUT2D eigenvalue weighted by Gasteiger charge is 2.78. The molecule has 3 saturated carbocycles. The number of alkyl halides is 3. The zero-order valence-electron chi connectivity index (χ0n) is 19.8. The summed E-state index contributed by atoms with van der Waals surface area (Å²) in [4.78, 5) is 37.5. The average molecular weight is 485 g/mol. The summed E-state index contributed by atoms with van der Waals surface area (Å²) >= 11 is 0. The van der Waals surface area contributed by atoms with Crippen molar-refractivity contribution in [3.63, 3.8) is 0 Å². The quantitative estimate of drug-likeness (QED) is 0.612. The Morgan fingerprint density at radius 1 is 1.24 bits per heavy atom. The Morgan fingerprint density at radius 3 is 2.53 bits per heavy atom. The summed E-state index contributed by atoms with van der Waals surface area (Å²) in [7, 11) is 0. The van der Waals surface area contributed by atoms with Gasteiger partial charge < -0.3 is 14.6 Å². The highest BCUT2D eigenvalue weighted by molar-refractivity contribution is 6.01. The second-order valence-corrected chi connectivity index (χ2v) is 10.6. The number of aliphatic hydroxyl groups excluding tert-OH is 1. The number of carbonyl (C=O) groups is 3. The normalized spacial score (nSPS) is 47.2. The topological polar surface area (TPSA) is 89.9 Å². The van der Waals surface area contributed by atoms with Crippen LogP contribution < -0.4 is 0 Å². The van der Waals surface area contributed by atoms with E-state index in [-0.39, 0.29) is 31.3 Å². The fraction of sp³-hybridized carbons (Fsp3) is 0.720. The van der Waals surface area contributed by atoms with E-state index < -0.39 is 76.7 Å². The lowest BCUT2D eigenvalue weighted by Crippen LogP contribution is -2.71. The first-order valence-electron chi connectivity index (χ1n) is 11.7. The van der Waals surface area contributed by atoms with E-state index in [2.05, 4.69) is 0 Å². The van der Waals surface area contributed by atoms with Gasteiger partial charge in [0.25, 0.3) is 0 Å². The van der Waals surface area contributed by atoms with Gasteiger partial charge in [0.2, 0.25) is 12.5 Å². The largest absolute Gasteiger partial charge is 0.446 e. The standard InChI is InChI=1S/C25H31F3O6/c1-5-20(31)34-25(21(32)33-12-26)13(2)8-15-16-10-18(27)17-9-14(29)6-7-22(17,3)24(16,28)19(30)11-23(15,25)4/h6-7,9,13,15-16,18-19,30H,5,8,10-12H2,1-4H3/t13-,15+,16+,18+,19+,22+,23+,24+,25+/m1/s1. The van der Waals surface area contributed by atoms with E-state index in [0.29, 0.717) is 0 Å². The van der Waals surface area contributed by atoms with E-state index in [1.165, 1.54) is 19.1 Å². The maximum Gasteiger partial charge on any atom is 0.353 e. The molecule has 0 spiro atoms. The van der Waals surface area contributed by atoms with Crippen LogP contribution in [0, 0.1) is 28.6 Å². The van der Waals surface area contributed by atoms with Gasteiger partial charge in [0.05, 0.1) is 6.10 Å². The molecule has 1 N–H and O–H groups in total. The number of ether oxygens (including phenoxy) is 2. The molecule has 0 aliphatic heterocycles. The van der Waals surface area contributed by atoms with Gasteiger partial charge in [0.1, 0.15) is 6.17 Å². The summed E-state index contributed by atoms with van der Waals surface area (Å²) in [6.45, 7) is 4.83. The number of fused-ring (bicyclic) bond motifs is 5. The molecule has 9 heteroatoms. The molecule has 188 valence electrons. The van der Waals surface area contributed by atoms with Crippen molar-refractivity contribution in [2.75, 3.05) is 6.86 Å². The molecule has 4 aliphatic carbocycles. The molecule has 0 heterocycles. The Kier molecular flexibility index (Phi) is 5.82. The minimum absolute atomic E-state index is 0.00652. The van der Waals surface area contributed by atoms with E-state index in [1.54, 1.807) is 20.8 Å². The van der Waals surface area contributed by atoms with Crippen molar-refractivity contribution in [2.45, 2.75) is 76.9 Å². The maximum absolute atomic E-state index is 17.2. The third-order valence-electron chi connectivity index (χ3n) is 9.22. The van der Waals surface area contributed by atoms with Crippen molar-refractivity contribution >= 4 is 17.7 Å². The smallest absolute Gasteiger partial charge is 0.353 e. The van der Waals surface area contributed by atoms with Gasteiger partial charge >= 0.3 is 11.9 Å². The van der Waals surface area contributed by atoms with E-state index in [0.717, 1.165) is 6.08 Å². The number of ketones is 1. The number of allylic oxidation sites excluding steroid dienone is 4. The van der Waals surface area contributed by atoms with E-state index in [9.17, 15) is 23.9 Å². The van der Waals surface area contributed by atoms with Crippen LogP contribution in [-0.4, -0.2) is 53.2 Å². The molecule has 0 radical (unpaired) electrons. The van der Waals surface area contributed by atoms with E-state index >= 15 is 8.78 Å². The molecular weight excluding hydrogens is 453 g/mol. The molecule has 4 rings (SSSR count). The fourth-order valence-corrected chi connectivity index (χ4v) is 7.63. The Balaban J connectivity index is 1.87. The summed E-state index contributed by atoms with van der Waals surface area (Å²) in [6.07, 6.45) is -0.180. The number of aliphatic hydroxyl groups is 1. The SMILES string of the molecule is CCC(=O)O[C@]1(C(=O)OCF)[C@H](C)C[C@H]2[C@@H]3C[C@H](F)C4=CC(=O)C=C[C@]4(C)[C@@]3(F)[C@@H](O)C[C@@]21C. The highest BCUT2D eigenvalue weighted by atomic mass is 19.1. The van der Waals surface area contributed by atoms with Gasteiger partial charge in [-0.3, -0.25) is 9.59 Å². The molecule has 0 amide bonds. The van der Waals surface area contributed by atoms with Crippen LogP contribution in [0.15, 0.2) is 23.8 Å².